The zero-order valence-corrected chi connectivity index (χ0v) is 10.3. The Balaban J connectivity index is 1.83. The number of nitrogens with zero attached hydrogens (tertiary/aromatic N) is 1. The lowest BCUT2D eigenvalue weighted by atomic mass is 10.2. The van der Waals surface area contributed by atoms with Crippen LogP contribution in [0.5, 0.6) is 5.75 Å². The van der Waals surface area contributed by atoms with Crippen molar-refractivity contribution in [3.63, 3.8) is 0 Å². The van der Waals surface area contributed by atoms with E-state index in [0.29, 0.717) is 0 Å². The lowest BCUT2D eigenvalue weighted by Gasteiger charge is -2.16. The lowest BCUT2D eigenvalue weighted by molar-refractivity contribution is 0.312. The lowest BCUT2D eigenvalue weighted by Crippen LogP contribution is -2.20. The molecule has 1 aromatic carbocycles. The van der Waals surface area contributed by atoms with E-state index in [9.17, 15) is 0 Å². The molecule has 16 heavy (non-hydrogen) atoms. The van der Waals surface area contributed by atoms with Gasteiger partial charge in [0.1, 0.15) is 5.75 Å². The van der Waals surface area contributed by atoms with E-state index in [1.807, 2.05) is 6.92 Å². The molecular weight excluding hydrogens is 198 g/mol. The van der Waals surface area contributed by atoms with E-state index in [1.54, 1.807) is 0 Å². The molecule has 2 heteroatoms. The third kappa shape index (κ3) is 3.53. The Labute approximate surface area is 98.2 Å². The molecule has 0 amide bonds. The van der Waals surface area contributed by atoms with Crippen molar-refractivity contribution in [2.45, 2.75) is 26.3 Å². The van der Waals surface area contributed by atoms with Gasteiger partial charge in [0.2, 0.25) is 0 Å². The highest BCUT2D eigenvalue weighted by Crippen LogP contribution is 2.29. The van der Waals surface area contributed by atoms with Crippen molar-refractivity contribution in [3.05, 3.63) is 29.8 Å². The van der Waals surface area contributed by atoms with Gasteiger partial charge in [-0.3, -0.25) is 0 Å². The Morgan fingerprint density at radius 2 is 1.94 bits per heavy atom. The summed E-state index contributed by atoms with van der Waals surface area (Å²) in [5, 5.41) is 0. The summed E-state index contributed by atoms with van der Waals surface area (Å²) in [6, 6.07) is 8.44. The third-order valence-corrected chi connectivity index (χ3v) is 2.95. The van der Waals surface area contributed by atoms with Gasteiger partial charge < -0.3 is 9.64 Å². The molecule has 1 fully saturated rings. The fourth-order valence-electron chi connectivity index (χ4n) is 1.98. The van der Waals surface area contributed by atoms with E-state index in [1.165, 1.54) is 24.9 Å². The van der Waals surface area contributed by atoms with Crippen LogP contribution in [0.2, 0.25) is 0 Å². The molecule has 0 spiro atoms. The first-order valence-electron chi connectivity index (χ1n) is 6.18. The number of ether oxygens (including phenoxy) is 1. The molecule has 0 unspecified atom stereocenters. The molecule has 1 aliphatic rings. The SMILES string of the molecule is CCOc1ccc(CN(C)CC2CC2)cc1. The average Bonchev–Trinajstić information content (AvgIpc) is 3.05. The molecule has 0 aromatic heterocycles. The molecule has 1 aromatic rings. The van der Waals surface area contributed by atoms with Crippen LogP contribution in [0.25, 0.3) is 0 Å². The molecule has 88 valence electrons. The fourth-order valence-corrected chi connectivity index (χ4v) is 1.98. The van der Waals surface area contributed by atoms with Crippen molar-refractivity contribution in [2.24, 2.45) is 5.92 Å². The molecule has 0 aliphatic heterocycles. The molecule has 0 radical (unpaired) electrons. The van der Waals surface area contributed by atoms with Gasteiger partial charge in [0.05, 0.1) is 6.61 Å². The molecule has 0 heterocycles. The third-order valence-electron chi connectivity index (χ3n) is 2.95. The van der Waals surface area contributed by atoms with Crippen LogP contribution < -0.4 is 4.74 Å². The summed E-state index contributed by atoms with van der Waals surface area (Å²) in [4.78, 5) is 2.41. The highest BCUT2D eigenvalue weighted by Gasteiger charge is 2.22. The minimum Gasteiger partial charge on any atom is -0.494 e. The Kier molecular flexibility index (Phi) is 3.83. The van der Waals surface area contributed by atoms with Crippen LogP contribution in [-0.2, 0) is 6.54 Å². The molecule has 1 saturated carbocycles. The van der Waals surface area contributed by atoms with Gasteiger partial charge in [-0.15, -0.1) is 0 Å². The average molecular weight is 219 g/mol. The summed E-state index contributed by atoms with van der Waals surface area (Å²) in [6.45, 7) is 5.04. The maximum absolute atomic E-state index is 5.43. The highest BCUT2D eigenvalue weighted by molar-refractivity contribution is 5.27. The first-order chi connectivity index (χ1) is 7.78. The molecular formula is C14H21NO. The van der Waals surface area contributed by atoms with Crippen LogP contribution in [0, 0.1) is 5.92 Å². The molecule has 0 bridgehead atoms. The maximum Gasteiger partial charge on any atom is 0.119 e. The normalized spacial score (nSPS) is 15.4. The van der Waals surface area contributed by atoms with Crippen molar-refractivity contribution in [2.75, 3.05) is 20.2 Å². The minimum atomic E-state index is 0.737. The van der Waals surface area contributed by atoms with Crippen LogP contribution >= 0.6 is 0 Å². The van der Waals surface area contributed by atoms with Gasteiger partial charge in [-0.2, -0.15) is 0 Å². The van der Waals surface area contributed by atoms with Crippen molar-refractivity contribution in [3.8, 4) is 5.75 Å². The van der Waals surface area contributed by atoms with Gasteiger partial charge >= 0.3 is 0 Å². The van der Waals surface area contributed by atoms with Crippen LogP contribution in [0.15, 0.2) is 24.3 Å². The zero-order chi connectivity index (χ0) is 11.4. The largest absolute Gasteiger partial charge is 0.494 e. The second-order valence-electron chi connectivity index (χ2n) is 4.72. The predicted molar refractivity (Wildman–Crippen MR) is 66.7 cm³/mol. The van der Waals surface area contributed by atoms with Gasteiger partial charge in [0, 0.05) is 13.1 Å². The molecule has 1 aliphatic carbocycles. The van der Waals surface area contributed by atoms with Crippen molar-refractivity contribution in [1.29, 1.82) is 0 Å². The quantitative estimate of drug-likeness (QED) is 0.729. The highest BCUT2D eigenvalue weighted by atomic mass is 16.5. The smallest absolute Gasteiger partial charge is 0.119 e. The molecule has 2 nitrogen and oxygen atoms in total. The number of hydrogen-bond acceptors (Lipinski definition) is 2. The van der Waals surface area contributed by atoms with E-state index in [2.05, 4.69) is 36.2 Å². The van der Waals surface area contributed by atoms with Gasteiger partial charge in [-0.25, -0.2) is 0 Å². The van der Waals surface area contributed by atoms with Gasteiger partial charge in [0.15, 0.2) is 0 Å². The zero-order valence-electron chi connectivity index (χ0n) is 10.3. The van der Waals surface area contributed by atoms with Crippen LogP contribution in [0.4, 0.5) is 0 Å². The molecule has 0 saturated heterocycles. The predicted octanol–water partition coefficient (Wildman–Crippen LogP) is 2.93. The Morgan fingerprint density at radius 1 is 1.25 bits per heavy atom. The summed E-state index contributed by atoms with van der Waals surface area (Å²) in [5.74, 6) is 1.93. The minimum absolute atomic E-state index is 0.737. The molecule has 0 atom stereocenters. The van der Waals surface area contributed by atoms with Crippen LogP contribution in [0.3, 0.4) is 0 Å². The summed E-state index contributed by atoms with van der Waals surface area (Å²) >= 11 is 0. The van der Waals surface area contributed by atoms with E-state index >= 15 is 0 Å². The first kappa shape index (κ1) is 11.5. The standard InChI is InChI=1S/C14H21NO/c1-3-16-14-8-6-13(7-9-14)11-15(2)10-12-4-5-12/h6-9,12H,3-5,10-11H2,1-2H3. The van der Waals surface area contributed by atoms with Crippen molar-refractivity contribution < 1.29 is 4.74 Å². The summed E-state index contributed by atoms with van der Waals surface area (Å²) in [6.07, 6.45) is 2.85. The molecule has 0 N–H and O–H groups in total. The van der Waals surface area contributed by atoms with E-state index in [0.717, 1.165) is 24.8 Å². The van der Waals surface area contributed by atoms with Crippen LogP contribution in [0.1, 0.15) is 25.3 Å². The van der Waals surface area contributed by atoms with Crippen molar-refractivity contribution in [1.82, 2.24) is 4.90 Å². The summed E-state index contributed by atoms with van der Waals surface area (Å²) < 4.78 is 5.43. The number of benzene rings is 1. The monoisotopic (exact) mass is 219 g/mol. The Bertz CT molecular complexity index is 316. The van der Waals surface area contributed by atoms with Crippen molar-refractivity contribution >= 4 is 0 Å². The Morgan fingerprint density at radius 3 is 2.50 bits per heavy atom. The van der Waals surface area contributed by atoms with Crippen LogP contribution in [-0.4, -0.2) is 25.1 Å². The van der Waals surface area contributed by atoms with E-state index in [4.69, 9.17) is 4.74 Å². The van der Waals surface area contributed by atoms with Gasteiger partial charge in [-0.05, 0) is 50.4 Å². The second-order valence-corrected chi connectivity index (χ2v) is 4.72. The first-order valence-corrected chi connectivity index (χ1v) is 6.18. The Hall–Kier alpha value is -1.02. The maximum atomic E-state index is 5.43. The van der Waals surface area contributed by atoms with E-state index in [-0.39, 0.29) is 0 Å². The number of hydrogen-bond donors (Lipinski definition) is 0. The fraction of sp³-hybridized carbons (Fsp3) is 0.571. The second kappa shape index (κ2) is 5.35. The topological polar surface area (TPSA) is 12.5 Å². The van der Waals surface area contributed by atoms with E-state index < -0.39 is 0 Å². The molecule has 2 rings (SSSR count). The summed E-state index contributed by atoms with van der Waals surface area (Å²) in [5.41, 5.74) is 1.37. The van der Waals surface area contributed by atoms with Gasteiger partial charge in [0.25, 0.3) is 0 Å². The van der Waals surface area contributed by atoms with Gasteiger partial charge in [-0.1, -0.05) is 12.1 Å². The number of rotatable bonds is 6. The summed E-state index contributed by atoms with van der Waals surface area (Å²) in [7, 11) is 2.20.